The fourth-order valence-corrected chi connectivity index (χ4v) is 6.53. The lowest BCUT2D eigenvalue weighted by Crippen LogP contribution is -2.54. The van der Waals surface area contributed by atoms with Gasteiger partial charge in [0.25, 0.3) is 0 Å². The molecular formula is C25H25N3O5. The number of carbonyl (C=O) groups is 3. The highest BCUT2D eigenvalue weighted by molar-refractivity contribution is 6.26. The number of amides is 3. The van der Waals surface area contributed by atoms with Crippen LogP contribution in [0.15, 0.2) is 36.4 Å². The van der Waals surface area contributed by atoms with E-state index in [1.54, 1.807) is 18.2 Å². The van der Waals surface area contributed by atoms with Crippen molar-refractivity contribution in [1.82, 2.24) is 4.90 Å². The van der Waals surface area contributed by atoms with E-state index in [9.17, 15) is 14.4 Å². The lowest BCUT2D eigenvalue weighted by atomic mass is 9.75. The quantitative estimate of drug-likeness (QED) is 0.728. The van der Waals surface area contributed by atoms with Gasteiger partial charge in [-0.2, -0.15) is 0 Å². The molecule has 4 heterocycles. The number of aryl methyl sites for hydroxylation is 1. The van der Waals surface area contributed by atoms with Gasteiger partial charge in [-0.05, 0) is 44.5 Å². The first-order valence-electron chi connectivity index (χ1n) is 11.2. The zero-order valence-corrected chi connectivity index (χ0v) is 18.8. The minimum Gasteiger partial charge on any atom is -0.497 e. The molecule has 2 aromatic rings. The van der Waals surface area contributed by atoms with Gasteiger partial charge in [-0.1, -0.05) is 17.7 Å². The van der Waals surface area contributed by atoms with Gasteiger partial charge in [-0.15, -0.1) is 0 Å². The van der Waals surface area contributed by atoms with Gasteiger partial charge in [0.15, 0.2) is 0 Å². The molecule has 0 aromatic heterocycles. The zero-order chi connectivity index (χ0) is 23.1. The zero-order valence-electron chi connectivity index (χ0n) is 18.8. The molecule has 8 nitrogen and oxygen atoms in total. The Labute approximate surface area is 191 Å². The molecule has 170 valence electrons. The molecule has 0 saturated carbocycles. The molecule has 6 rings (SSSR count). The second-order valence-electron chi connectivity index (χ2n) is 9.23. The van der Waals surface area contributed by atoms with Crippen molar-refractivity contribution < 1.29 is 23.9 Å². The number of methoxy groups -OCH3 is 2. The van der Waals surface area contributed by atoms with Gasteiger partial charge in [0.1, 0.15) is 17.0 Å². The molecule has 33 heavy (non-hydrogen) atoms. The standard InChI is InChI=1S/C25H25N3O5/c1-13-6-8-16-15(11-13)25(24(31)26-16)21-20(17-5-4-10-27(17)25)22(29)28(23(21)30)18-12-14(32-2)7-9-19(18)33-3/h6-9,11-12,17,20-21H,4-5,10H2,1-3H3,(H,26,31). The topological polar surface area (TPSA) is 88.2 Å². The highest BCUT2D eigenvalue weighted by Crippen LogP contribution is 2.61. The third kappa shape index (κ3) is 2.36. The van der Waals surface area contributed by atoms with Gasteiger partial charge in [-0.25, -0.2) is 4.90 Å². The minimum absolute atomic E-state index is 0.162. The molecule has 2 aromatic carbocycles. The summed E-state index contributed by atoms with van der Waals surface area (Å²) in [6.45, 7) is 2.65. The maximum absolute atomic E-state index is 14.1. The summed E-state index contributed by atoms with van der Waals surface area (Å²) in [5.41, 5.74) is 1.69. The molecule has 0 bridgehead atoms. The molecule has 4 aliphatic heterocycles. The number of hydrogen-bond acceptors (Lipinski definition) is 6. The molecule has 1 N–H and O–H groups in total. The summed E-state index contributed by atoms with van der Waals surface area (Å²) in [6.07, 6.45) is 1.66. The number of imide groups is 1. The summed E-state index contributed by atoms with van der Waals surface area (Å²) >= 11 is 0. The van der Waals surface area contributed by atoms with E-state index in [-0.39, 0.29) is 23.8 Å². The lowest BCUT2D eigenvalue weighted by molar-refractivity contribution is -0.135. The molecule has 4 aliphatic rings. The summed E-state index contributed by atoms with van der Waals surface area (Å²) < 4.78 is 10.8. The van der Waals surface area contributed by atoms with E-state index in [1.165, 1.54) is 19.1 Å². The van der Waals surface area contributed by atoms with Gasteiger partial charge in [0.05, 0.1) is 31.7 Å². The Morgan fingerprint density at radius 1 is 1.03 bits per heavy atom. The number of rotatable bonds is 3. The number of benzene rings is 2. The van der Waals surface area contributed by atoms with Crippen LogP contribution in [0.1, 0.15) is 24.0 Å². The number of hydrogen-bond donors (Lipinski definition) is 1. The highest BCUT2D eigenvalue weighted by Gasteiger charge is 2.74. The molecule has 3 amide bonds. The van der Waals surface area contributed by atoms with E-state index < -0.39 is 17.4 Å². The molecular weight excluding hydrogens is 422 g/mol. The van der Waals surface area contributed by atoms with Crippen LogP contribution in [0, 0.1) is 18.8 Å². The Morgan fingerprint density at radius 2 is 1.85 bits per heavy atom. The monoisotopic (exact) mass is 447 g/mol. The van der Waals surface area contributed by atoms with Crippen molar-refractivity contribution in [2.45, 2.75) is 31.3 Å². The molecule has 0 radical (unpaired) electrons. The van der Waals surface area contributed by atoms with Crippen molar-refractivity contribution in [2.75, 3.05) is 31.0 Å². The first-order valence-corrected chi connectivity index (χ1v) is 11.2. The Hall–Kier alpha value is -3.39. The Bertz CT molecular complexity index is 1230. The van der Waals surface area contributed by atoms with Crippen molar-refractivity contribution in [3.05, 3.63) is 47.5 Å². The highest BCUT2D eigenvalue weighted by atomic mass is 16.5. The summed E-state index contributed by atoms with van der Waals surface area (Å²) in [4.78, 5) is 45.0. The van der Waals surface area contributed by atoms with Crippen molar-refractivity contribution in [3.8, 4) is 11.5 Å². The molecule has 8 heteroatoms. The van der Waals surface area contributed by atoms with Crippen LogP contribution >= 0.6 is 0 Å². The fraction of sp³-hybridized carbons (Fsp3) is 0.400. The summed E-state index contributed by atoms with van der Waals surface area (Å²) in [5.74, 6) is -1.33. The van der Waals surface area contributed by atoms with Crippen LogP contribution in [0.5, 0.6) is 11.5 Å². The second-order valence-corrected chi connectivity index (χ2v) is 9.23. The molecule has 4 unspecified atom stereocenters. The number of carbonyl (C=O) groups excluding carboxylic acids is 3. The molecule has 4 atom stereocenters. The fourth-order valence-electron chi connectivity index (χ4n) is 6.53. The first kappa shape index (κ1) is 20.2. The minimum atomic E-state index is -1.18. The molecule has 0 aliphatic carbocycles. The van der Waals surface area contributed by atoms with Crippen LogP contribution in [-0.4, -0.2) is 49.4 Å². The van der Waals surface area contributed by atoms with Crippen molar-refractivity contribution in [2.24, 2.45) is 11.8 Å². The molecule has 3 saturated heterocycles. The van der Waals surface area contributed by atoms with Crippen molar-refractivity contribution in [3.63, 3.8) is 0 Å². The van der Waals surface area contributed by atoms with Gasteiger partial charge in [0, 0.05) is 23.4 Å². The Balaban J connectivity index is 1.56. The smallest absolute Gasteiger partial charge is 0.250 e. The van der Waals surface area contributed by atoms with E-state index in [0.717, 1.165) is 29.7 Å². The third-order valence-corrected chi connectivity index (χ3v) is 7.77. The number of anilines is 2. The number of nitrogens with one attached hydrogen (secondary N) is 1. The van der Waals surface area contributed by atoms with Crippen LogP contribution in [-0.2, 0) is 19.9 Å². The van der Waals surface area contributed by atoms with Crippen molar-refractivity contribution >= 4 is 29.1 Å². The van der Waals surface area contributed by atoms with Gasteiger partial charge >= 0.3 is 0 Å². The average Bonchev–Trinajstić information content (AvgIpc) is 3.52. The maximum Gasteiger partial charge on any atom is 0.250 e. The van der Waals surface area contributed by atoms with Crippen LogP contribution in [0.3, 0.4) is 0 Å². The predicted molar refractivity (Wildman–Crippen MR) is 120 cm³/mol. The van der Waals surface area contributed by atoms with E-state index >= 15 is 0 Å². The van der Waals surface area contributed by atoms with E-state index in [2.05, 4.69) is 10.2 Å². The Kier molecular flexibility index (Phi) is 4.17. The number of fused-ring (bicyclic) bond motifs is 7. The normalized spacial score (nSPS) is 30.0. The summed E-state index contributed by atoms with van der Waals surface area (Å²) in [5, 5.41) is 3.01. The summed E-state index contributed by atoms with van der Waals surface area (Å²) in [6, 6.07) is 10.7. The average molecular weight is 447 g/mol. The first-order chi connectivity index (χ1) is 15.9. The van der Waals surface area contributed by atoms with Crippen LogP contribution in [0.25, 0.3) is 0 Å². The van der Waals surface area contributed by atoms with Crippen molar-refractivity contribution in [1.29, 1.82) is 0 Å². The lowest BCUT2D eigenvalue weighted by Gasteiger charge is -2.36. The number of ether oxygens (including phenoxy) is 2. The number of nitrogens with zero attached hydrogens (tertiary/aromatic N) is 2. The van der Waals surface area contributed by atoms with Gasteiger partial charge in [0.2, 0.25) is 17.7 Å². The van der Waals surface area contributed by atoms with Crippen LogP contribution in [0.2, 0.25) is 0 Å². The molecule has 3 fully saturated rings. The summed E-state index contributed by atoms with van der Waals surface area (Å²) in [7, 11) is 3.03. The van der Waals surface area contributed by atoms with E-state index in [0.29, 0.717) is 23.7 Å². The predicted octanol–water partition coefficient (Wildman–Crippen LogP) is 2.44. The van der Waals surface area contributed by atoms with Crippen LogP contribution < -0.4 is 19.7 Å². The van der Waals surface area contributed by atoms with Gasteiger partial charge in [-0.3, -0.25) is 19.3 Å². The SMILES string of the molecule is COc1ccc(OC)c(N2C(=O)C3C4CCCN4C4(C(=O)Nc5ccc(C)cc54)C3C2=O)c1. The van der Waals surface area contributed by atoms with Gasteiger partial charge < -0.3 is 14.8 Å². The molecule has 1 spiro atoms. The Morgan fingerprint density at radius 3 is 2.61 bits per heavy atom. The third-order valence-electron chi connectivity index (χ3n) is 7.77. The van der Waals surface area contributed by atoms with E-state index in [1.807, 2.05) is 25.1 Å². The maximum atomic E-state index is 14.1. The van der Waals surface area contributed by atoms with Crippen LogP contribution in [0.4, 0.5) is 11.4 Å². The largest absolute Gasteiger partial charge is 0.497 e. The van der Waals surface area contributed by atoms with E-state index in [4.69, 9.17) is 9.47 Å². The second kappa shape index (κ2) is 6.81.